The van der Waals surface area contributed by atoms with Crippen molar-refractivity contribution in [2.45, 2.75) is 96.8 Å². The summed E-state index contributed by atoms with van der Waals surface area (Å²) in [5, 5.41) is 0. The van der Waals surface area contributed by atoms with Crippen LogP contribution < -0.4 is 4.90 Å². The van der Waals surface area contributed by atoms with E-state index in [-0.39, 0.29) is 0 Å². The van der Waals surface area contributed by atoms with Gasteiger partial charge in [0.1, 0.15) is 0 Å². The van der Waals surface area contributed by atoms with Crippen molar-refractivity contribution >= 4 is 5.69 Å². The lowest BCUT2D eigenvalue weighted by molar-refractivity contribution is 0.388. The number of rotatable bonds is 16. The van der Waals surface area contributed by atoms with Crippen LogP contribution in [0.25, 0.3) is 0 Å². The van der Waals surface area contributed by atoms with Crippen LogP contribution in [0.15, 0.2) is 42.7 Å². The molecule has 0 bridgehead atoms. The van der Waals surface area contributed by atoms with Gasteiger partial charge in [-0.3, -0.25) is 0 Å². The van der Waals surface area contributed by atoms with Crippen molar-refractivity contribution in [3.8, 4) is 0 Å². The van der Waals surface area contributed by atoms with Crippen molar-refractivity contribution in [1.82, 2.24) is 4.90 Å². The summed E-state index contributed by atoms with van der Waals surface area (Å²) in [4.78, 5) is 4.76. The van der Waals surface area contributed by atoms with Crippen LogP contribution in [0.5, 0.6) is 0 Å². The first-order chi connectivity index (χ1) is 13.4. The van der Waals surface area contributed by atoms with Gasteiger partial charge in [-0.05, 0) is 18.6 Å². The quantitative estimate of drug-likeness (QED) is 0.275. The standard InChI is InChI=1S/C25H42N2/c1-2-3-4-5-6-7-8-9-10-11-12-13-14-18-21-26-22-23-27(24-26)25-19-16-15-17-20-25/h15-17,19-20,22-23H,2-14,18,21,24H2,1H3. The first-order valence-corrected chi connectivity index (χ1v) is 11.6. The molecule has 0 N–H and O–H groups in total. The number of benzene rings is 1. The fraction of sp³-hybridized carbons (Fsp3) is 0.680. The van der Waals surface area contributed by atoms with Gasteiger partial charge in [0.25, 0.3) is 0 Å². The smallest absolute Gasteiger partial charge is 0.0941 e. The third-order valence-corrected chi connectivity index (χ3v) is 5.68. The van der Waals surface area contributed by atoms with E-state index < -0.39 is 0 Å². The summed E-state index contributed by atoms with van der Waals surface area (Å²) in [5.74, 6) is 0. The highest BCUT2D eigenvalue weighted by Crippen LogP contribution is 2.19. The van der Waals surface area contributed by atoms with E-state index in [9.17, 15) is 0 Å². The summed E-state index contributed by atoms with van der Waals surface area (Å²) in [5.41, 5.74) is 1.29. The third kappa shape index (κ3) is 9.89. The van der Waals surface area contributed by atoms with Crippen molar-refractivity contribution in [2.75, 3.05) is 18.1 Å². The van der Waals surface area contributed by atoms with Crippen molar-refractivity contribution in [3.05, 3.63) is 42.7 Å². The lowest BCUT2D eigenvalue weighted by atomic mass is 10.0. The number of unbranched alkanes of at least 4 members (excludes halogenated alkanes) is 13. The SMILES string of the molecule is CCCCCCCCCCCCCCCCN1C=CN(c2ccccc2)C1. The summed E-state index contributed by atoms with van der Waals surface area (Å²) in [7, 11) is 0. The Hall–Kier alpha value is -1.44. The van der Waals surface area contributed by atoms with E-state index in [0.29, 0.717) is 0 Å². The van der Waals surface area contributed by atoms with E-state index >= 15 is 0 Å². The van der Waals surface area contributed by atoms with Crippen LogP contribution in [-0.2, 0) is 0 Å². The highest BCUT2D eigenvalue weighted by Gasteiger charge is 2.12. The Kier molecular flexibility index (Phi) is 11.8. The van der Waals surface area contributed by atoms with E-state index in [1.165, 1.54) is 102 Å². The van der Waals surface area contributed by atoms with Gasteiger partial charge in [0, 0.05) is 24.6 Å². The molecule has 1 aliphatic rings. The van der Waals surface area contributed by atoms with Gasteiger partial charge in [0.15, 0.2) is 0 Å². The second kappa shape index (κ2) is 14.6. The van der Waals surface area contributed by atoms with Crippen LogP contribution in [0.2, 0.25) is 0 Å². The molecule has 1 aliphatic heterocycles. The van der Waals surface area contributed by atoms with Gasteiger partial charge in [0.2, 0.25) is 0 Å². The van der Waals surface area contributed by atoms with E-state index in [0.717, 1.165) is 6.67 Å². The average molecular weight is 371 g/mol. The summed E-state index contributed by atoms with van der Waals surface area (Å²) in [6.45, 7) is 4.49. The zero-order valence-corrected chi connectivity index (χ0v) is 17.7. The van der Waals surface area contributed by atoms with Crippen LogP contribution in [0.1, 0.15) is 96.8 Å². The summed E-state index contributed by atoms with van der Waals surface area (Å²) in [6, 6.07) is 10.7. The maximum absolute atomic E-state index is 2.44. The monoisotopic (exact) mass is 370 g/mol. The molecule has 152 valence electrons. The molecular formula is C25H42N2. The van der Waals surface area contributed by atoms with Gasteiger partial charge in [0.05, 0.1) is 6.67 Å². The molecule has 0 saturated heterocycles. The molecule has 27 heavy (non-hydrogen) atoms. The molecule has 0 atom stereocenters. The van der Waals surface area contributed by atoms with E-state index in [4.69, 9.17) is 0 Å². The maximum Gasteiger partial charge on any atom is 0.0941 e. The largest absolute Gasteiger partial charge is 0.358 e. The molecule has 0 radical (unpaired) electrons. The molecule has 1 aromatic rings. The molecule has 0 spiro atoms. The fourth-order valence-corrected chi connectivity index (χ4v) is 3.91. The van der Waals surface area contributed by atoms with Crippen LogP contribution in [0, 0.1) is 0 Å². The molecule has 1 heterocycles. The summed E-state index contributed by atoms with van der Waals surface area (Å²) < 4.78 is 0. The third-order valence-electron chi connectivity index (χ3n) is 5.68. The second-order valence-corrected chi connectivity index (χ2v) is 8.15. The molecule has 0 aliphatic carbocycles. The zero-order chi connectivity index (χ0) is 19.0. The highest BCUT2D eigenvalue weighted by atomic mass is 15.3. The second-order valence-electron chi connectivity index (χ2n) is 8.15. The number of hydrogen-bond acceptors (Lipinski definition) is 2. The maximum atomic E-state index is 2.44. The molecule has 0 amide bonds. The van der Waals surface area contributed by atoms with E-state index in [1.807, 2.05) is 0 Å². The predicted molar refractivity (Wildman–Crippen MR) is 120 cm³/mol. The Labute approximate surface area is 168 Å². The average Bonchev–Trinajstić information content (AvgIpc) is 3.18. The zero-order valence-electron chi connectivity index (χ0n) is 17.7. The first-order valence-electron chi connectivity index (χ1n) is 11.6. The van der Waals surface area contributed by atoms with Crippen molar-refractivity contribution in [2.24, 2.45) is 0 Å². The Morgan fingerprint density at radius 3 is 1.70 bits per heavy atom. The first kappa shape index (κ1) is 21.9. The molecular weight excluding hydrogens is 328 g/mol. The van der Waals surface area contributed by atoms with Crippen molar-refractivity contribution < 1.29 is 0 Å². The number of para-hydroxylation sites is 1. The lowest BCUT2D eigenvalue weighted by Crippen LogP contribution is -2.25. The number of anilines is 1. The van der Waals surface area contributed by atoms with Gasteiger partial charge in [-0.25, -0.2) is 0 Å². The van der Waals surface area contributed by atoms with Gasteiger partial charge in [-0.2, -0.15) is 0 Å². The minimum atomic E-state index is 1.00. The minimum Gasteiger partial charge on any atom is -0.358 e. The fourth-order valence-electron chi connectivity index (χ4n) is 3.91. The van der Waals surface area contributed by atoms with Crippen LogP contribution in [-0.4, -0.2) is 18.1 Å². The Bertz CT molecular complexity index is 482. The van der Waals surface area contributed by atoms with Crippen molar-refractivity contribution in [3.63, 3.8) is 0 Å². The van der Waals surface area contributed by atoms with E-state index in [1.54, 1.807) is 0 Å². The molecule has 0 fully saturated rings. The molecule has 2 nitrogen and oxygen atoms in total. The van der Waals surface area contributed by atoms with Crippen LogP contribution in [0.3, 0.4) is 0 Å². The Morgan fingerprint density at radius 2 is 1.15 bits per heavy atom. The van der Waals surface area contributed by atoms with Gasteiger partial charge < -0.3 is 9.80 Å². The molecule has 0 saturated carbocycles. The van der Waals surface area contributed by atoms with Gasteiger partial charge in [-0.1, -0.05) is 109 Å². The molecule has 0 aromatic heterocycles. The molecule has 2 rings (SSSR count). The molecule has 2 heteroatoms. The Balaban J connectivity index is 1.34. The lowest BCUT2D eigenvalue weighted by Gasteiger charge is -2.21. The minimum absolute atomic E-state index is 1.00. The van der Waals surface area contributed by atoms with Crippen LogP contribution in [0.4, 0.5) is 5.69 Å². The van der Waals surface area contributed by atoms with Gasteiger partial charge in [-0.15, -0.1) is 0 Å². The normalized spacial score (nSPS) is 13.7. The Morgan fingerprint density at radius 1 is 0.630 bits per heavy atom. The van der Waals surface area contributed by atoms with Crippen molar-refractivity contribution in [1.29, 1.82) is 0 Å². The molecule has 0 unspecified atom stereocenters. The summed E-state index contributed by atoms with van der Waals surface area (Å²) in [6.07, 6.45) is 24.5. The highest BCUT2D eigenvalue weighted by molar-refractivity contribution is 5.49. The molecule has 1 aromatic carbocycles. The number of hydrogen-bond donors (Lipinski definition) is 0. The topological polar surface area (TPSA) is 6.48 Å². The summed E-state index contributed by atoms with van der Waals surface area (Å²) >= 11 is 0. The predicted octanol–water partition coefficient (Wildman–Crippen LogP) is 7.72. The van der Waals surface area contributed by atoms with Crippen LogP contribution >= 0.6 is 0 Å². The number of nitrogens with zero attached hydrogens (tertiary/aromatic N) is 2. The van der Waals surface area contributed by atoms with Gasteiger partial charge >= 0.3 is 0 Å². The van der Waals surface area contributed by atoms with E-state index in [2.05, 4.69) is 59.5 Å².